The Kier molecular flexibility index (Phi) is 7.99. The Morgan fingerprint density at radius 1 is 1.03 bits per heavy atom. The van der Waals surface area contributed by atoms with Gasteiger partial charge in [-0.15, -0.1) is 0 Å². The van der Waals surface area contributed by atoms with Crippen LogP contribution in [0.2, 0.25) is 0 Å². The lowest BCUT2D eigenvalue weighted by Crippen LogP contribution is -2.35. The van der Waals surface area contributed by atoms with E-state index in [0.29, 0.717) is 37.4 Å². The van der Waals surface area contributed by atoms with Gasteiger partial charge in [-0.3, -0.25) is 0 Å². The Labute approximate surface area is 209 Å². The number of aliphatic hydroxyl groups is 1. The first-order chi connectivity index (χ1) is 16.4. The predicted molar refractivity (Wildman–Crippen MR) is 138 cm³/mol. The van der Waals surface area contributed by atoms with E-state index >= 15 is 0 Å². The Balaban J connectivity index is 2.09. The number of aromatic carboxylic acids is 1. The molecule has 5 nitrogen and oxygen atoms in total. The van der Waals surface area contributed by atoms with Gasteiger partial charge in [0.05, 0.1) is 12.2 Å². The molecular weight excluding hydrogens is 440 g/mol. The van der Waals surface area contributed by atoms with E-state index in [2.05, 4.69) is 45.6 Å². The van der Waals surface area contributed by atoms with Crippen molar-refractivity contribution in [2.24, 2.45) is 0 Å². The van der Waals surface area contributed by atoms with Gasteiger partial charge in [-0.05, 0) is 78.5 Å². The van der Waals surface area contributed by atoms with Crippen molar-refractivity contribution in [2.45, 2.75) is 77.2 Å². The van der Waals surface area contributed by atoms with Crippen molar-refractivity contribution in [3.05, 3.63) is 64.2 Å². The third-order valence-electron chi connectivity index (χ3n) is 7.11. The standard InChI is InChI=1S/C30H38O5/c1-7-30(33,14-13-21-9-11-22(12-10-21)27(31)32)23-19-24-26(25(20-23)35-18-17-34-8-2)29(5,6)16-15-28(24,3)4/h9-12,19-20,33H,7-8,15-18H2,1-6H3,(H,31,32). The fraction of sp³-hybridized carbons (Fsp3) is 0.500. The molecule has 188 valence electrons. The SMILES string of the molecule is CCOCCOc1cc(C(O)(C#Cc2ccc(C(=O)O)cc2)CC)cc2c1C(C)(C)CCC2(C)C. The third-order valence-corrected chi connectivity index (χ3v) is 7.11. The van der Waals surface area contributed by atoms with Gasteiger partial charge >= 0.3 is 5.97 Å². The van der Waals surface area contributed by atoms with Crippen LogP contribution in [0.25, 0.3) is 0 Å². The number of ether oxygens (including phenoxy) is 2. The van der Waals surface area contributed by atoms with Gasteiger partial charge in [0.2, 0.25) is 0 Å². The molecule has 35 heavy (non-hydrogen) atoms. The summed E-state index contributed by atoms with van der Waals surface area (Å²) >= 11 is 0. The van der Waals surface area contributed by atoms with E-state index in [4.69, 9.17) is 14.6 Å². The molecule has 1 aliphatic carbocycles. The zero-order valence-corrected chi connectivity index (χ0v) is 21.8. The Morgan fingerprint density at radius 3 is 2.29 bits per heavy atom. The number of carboxylic acid groups (broad SMARTS) is 1. The summed E-state index contributed by atoms with van der Waals surface area (Å²) in [5.74, 6) is 5.91. The van der Waals surface area contributed by atoms with Crippen molar-refractivity contribution >= 4 is 5.97 Å². The molecule has 0 saturated heterocycles. The van der Waals surface area contributed by atoms with Crippen LogP contribution in [0.5, 0.6) is 5.75 Å². The molecule has 0 amide bonds. The molecule has 2 N–H and O–H groups in total. The molecule has 2 aromatic rings. The average molecular weight is 479 g/mol. The summed E-state index contributed by atoms with van der Waals surface area (Å²) in [6, 6.07) is 10.4. The van der Waals surface area contributed by atoms with E-state index in [0.717, 1.165) is 18.6 Å². The Bertz CT molecular complexity index is 1120. The van der Waals surface area contributed by atoms with Gasteiger partial charge in [-0.25, -0.2) is 4.79 Å². The highest BCUT2D eigenvalue weighted by Gasteiger charge is 2.41. The van der Waals surface area contributed by atoms with Gasteiger partial charge in [-0.1, -0.05) is 52.5 Å². The smallest absolute Gasteiger partial charge is 0.335 e. The van der Waals surface area contributed by atoms with E-state index in [9.17, 15) is 9.90 Å². The summed E-state index contributed by atoms with van der Waals surface area (Å²) in [5, 5.41) is 20.8. The molecule has 2 aromatic carbocycles. The first-order valence-corrected chi connectivity index (χ1v) is 12.4. The molecule has 3 rings (SSSR count). The molecular formula is C30H38O5. The van der Waals surface area contributed by atoms with E-state index in [1.54, 1.807) is 12.1 Å². The average Bonchev–Trinajstić information content (AvgIpc) is 2.83. The number of hydrogen-bond donors (Lipinski definition) is 2. The van der Waals surface area contributed by atoms with Crippen LogP contribution in [-0.2, 0) is 21.2 Å². The topological polar surface area (TPSA) is 76.0 Å². The largest absolute Gasteiger partial charge is 0.491 e. The number of fused-ring (bicyclic) bond motifs is 1. The summed E-state index contributed by atoms with van der Waals surface area (Å²) in [6.45, 7) is 14.4. The Hall–Kier alpha value is -2.81. The van der Waals surface area contributed by atoms with Crippen LogP contribution in [0, 0.1) is 11.8 Å². The normalized spacial score (nSPS) is 17.5. The van der Waals surface area contributed by atoms with Crippen LogP contribution >= 0.6 is 0 Å². The van der Waals surface area contributed by atoms with E-state index < -0.39 is 11.6 Å². The van der Waals surface area contributed by atoms with Crippen LogP contribution < -0.4 is 4.74 Å². The molecule has 1 atom stereocenters. The molecule has 0 saturated carbocycles. The minimum Gasteiger partial charge on any atom is -0.491 e. The lowest BCUT2D eigenvalue weighted by atomic mass is 9.62. The molecule has 1 aliphatic rings. The molecule has 1 unspecified atom stereocenters. The zero-order chi connectivity index (χ0) is 25.9. The molecule has 0 aliphatic heterocycles. The summed E-state index contributed by atoms with van der Waals surface area (Å²) < 4.78 is 11.8. The highest BCUT2D eigenvalue weighted by molar-refractivity contribution is 5.87. The van der Waals surface area contributed by atoms with Gasteiger partial charge in [0.15, 0.2) is 5.60 Å². The lowest BCUT2D eigenvalue weighted by Gasteiger charge is -2.43. The Morgan fingerprint density at radius 2 is 1.69 bits per heavy atom. The van der Waals surface area contributed by atoms with Crippen LogP contribution in [0.15, 0.2) is 36.4 Å². The van der Waals surface area contributed by atoms with E-state index in [1.807, 2.05) is 19.9 Å². The molecule has 0 bridgehead atoms. The first-order valence-electron chi connectivity index (χ1n) is 12.4. The summed E-state index contributed by atoms with van der Waals surface area (Å²) in [4.78, 5) is 11.1. The summed E-state index contributed by atoms with van der Waals surface area (Å²) in [5.41, 5.74) is 2.47. The molecule has 0 radical (unpaired) electrons. The number of carboxylic acids is 1. The minimum atomic E-state index is -1.38. The van der Waals surface area contributed by atoms with E-state index in [1.165, 1.54) is 23.3 Å². The van der Waals surface area contributed by atoms with Crippen molar-refractivity contribution in [2.75, 3.05) is 19.8 Å². The number of carbonyl (C=O) groups is 1. The molecule has 0 heterocycles. The van der Waals surface area contributed by atoms with Crippen molar-refractivity contribution in [1.82, 2.24) is 0 Å². The highest BCUT2D eigenvalue weighted by Crippen LogP contribution is 2.50. The number of hydrogen-bond acceptors (Lipinski definition) is 4. The van der Waals surface area contributed by atoms with Crippen LogP contribution in [-0.4, -0.2) is 36.0 Å². The van der Waals surface area contributed by atoms with Gasteiger partial charge in [-0.2, -0.15) is 0 Å². The van der Waals surface area contributed by atoms with Crippen LogP contribution in [0.4, 0.5) is 0 Å². The molecule has 5 heteroatoms. The molecule has 0 aromatic heterocycles. The molecule has 0 fully saturated rings. The van der Waals surface area contributed by atoms with Crippen LogP contribution in [0.1, 0.15) is 93.4 Å². The number of benzene rings is 2. The fourth-order valence-electron chi connectivity index (χ4n) is 4.68. The summed E-state index contributed by atoms with van der Waals surface area (Å²) in [7, 11) is 0. The second kappa shape index (κ2) is 10.4. The maximum Gasteiger partial charge on any atom is 0.335 e. The lowest BCUT2D eigenvalue weighted by molar-refractivity contribution is 0.0696. The van der Waals surface area contributed by atoms with Crippen molar-refractivity contribution in [3.63, 3.8) is 0 Å². The van der Waals surface area contributed by atoms with Gasteiger partial charge in [0.1, 0.15) is 12.4 Å². The minimum absolute atomic E-state index is 0.0494. The highest BCUT2D eigenvalue weighted by atomic mass is 16.5. The fourth-order valence-corrected chi connectivity index (χ4v) is 4.68. The first kappa shape index (κ1) is 26.8. The maximum absolute atomic E-state index is 11.7. The predicted octanol–water partition coefficient (Wildman–Crippen LogP) is 5.80. The quantitative estimate of drug-likeness (QED) is 0.371. The second-order valence-electron chi connectivity index (χ2n) is 10.6. The molecule has 0 spiro atoms. The van der Waals surface area contributed by atoms with Crippen molar-refractivity contribution < 1.29 is 24.5 Å². The van der Waals surface area contributed by atoms with Gasteiger partial charge in [0, 0.05) is 17.7 Å². The van der Waals surface area contributed by atoms with Gasteiger partial charge in [0.25, 0.3) is 0 Å². The van der Waals surface area contributed by atoms with Crippen molar-refractivity contribution in [1.29, 1.82) is 0 Å². The maximum atomic E-state index is 11.7. The second-order valence-corrected chi connectivity index (χ2v) is 10.6. The van der Waals surface area contributed by atoms with Crippen molar-refractivity contribution in [3.8, 4) is 17.6 Å². The van der Waals surface area contributed by atoms with E-state index in [-0.39, 0.29) is 16.4 Å². The zero-order valence-electron chi connectivity index (χ0n) is 21.8. The monoisotopic (exact) mass is 478 g/mol. The van der Waals surface area contributed by atoms with Gasteiger partial charge < -0.3 is 19.7 Å². The van der Waals surface area contributed by atoms with Crippen LogP contribution in [0.3, 0.4) is 0 Å². The number of rotatable bonds is 8. The third kappa shape index (κ3) is 5.89. The summed E-state index contributed by atoms with van der Waals surface area (Å²) in [6.07, 6.45) is 2.49.